The molecule has 0 unspecified atom stereocenters. The number of aryl methyl sites for hydroxylation is 3. The quantitative estimate of drug-likeness (QED) is 0.879. The van der Waals surface area contributed by atoms with Crippen LogP contribution < -0.4 is 10.3 Å². The van der Waals surface area contributed by atoms with Gasteiger partial charge in [-0.2, -0.15) is 0 Å². The monoisotopic (exact) mass is 304 g/mol. The van der Waals surface area contributed by atoms with Crippen molar-refractivity contribution in [1.29, 1.82) is 0 Å². The normalized spacial score (nSPS) is 16.5. The summed E-state index contributed by atoms with van der Waals surface area (Å²) in [4.78, 5) is 14.3. The molecule has 5 heteroatoms. The minimum atomic E-state index is -0.357. The van der Waals surface area contributed by atoms with E-state index in [4.69, 9.17) is 0 Å². The Morgan fingerprint density at radius 2 is 1.91 bits per heavy atom. The van der Waals surface area contributed by atoms with Gasteiger partial charge in [0.05, 0.1) is 17.3 Å². The molecule has 22 heavy (non-hydrogen) atoms. The van der Waals surface area contributed by atoms with E-state index < -0.39 is 0 Å². The van der Waals surface area contributed by atoms with Crippen LogP contribution >= 0.6 is 0 Å². The molecule has 118 valence electrons. The summed E-state index contributed by atoms with van der Waals surface area (Å²) in [6, 6.07) is 1.36. The average molecular weight is 304 g/mol. The molecular weight excluding hydrogens is 283 g/mol. The van der Waals surface area contributed by atoms with Crippen molar-refractivity contribution in [2.75, 3.05) is 18.0 Å². The van der Waals surface area contributed by atoms with Crippen LogP contribution in [0.2, 0.25) is 0 Å². The zero-order valence-electron chi connectivity index (χ0n) is 13.2. The summed E-state index contributed by atoms with van der Waals surface area (Å²) in [5, 5.41) is 10.1. The van der Waals surface area contributed by atoms with Gasteiger partial charge in [0.25, 0.3) is 0 Å². The van der Waals surface area contributed by atoms with Gasteiger partial charge in [-0.1, -0.05) is 0 Å². The molecule has 0 saturated carbocycles. The van der Waals surface area contributed by atoms with Crippen LogP contribution in [0.25, 0.3) is 10.9 Å². The Morgan fingerprint density at radius 3 is 2.55 bits per heavy atom. The number of pyridine rings is 1. The number of aliphatic hydroxyl groups excluding tert-OH is 1. The van der Waals surface area contributed by atoms with Crippen LogP contribution in [-0.2, 0) is 7.05 Å². The van der Waals surface area contributed by atoms with E-state index >= 15 is 0 Å². The lowest BCUT2D eigenvalue weighted by molar-refractivity contribution is 0.145. The van der Waals surface area contributed by atoms with Crippen LogP contribution in [0, 0.1) is 19.7 Å². The second kappa shape index (κ2) is 5.39. The van der Waals surface area contributed by atoms with Crippen molar-refractivity contribution in [3.8, 4) is 0 Å². The zero-order chi connectivity index (χ0) is 16.0. The predicted octanol–water partition coefficient (Wildman–Crippen LogP) is 2.26. The van der Waals surface area contributed by atoms with Gasteiger partial charge in [-0.3, -0.25) is 4.79 Å². The number of halogens is 1. The number of anilines is 1. The number of aliphatic hydroxyl groups is 1. The van der Waals surface area contributed by atoms with Crippen LogP contribution in [-0.4, -0.2) is 28.9 Å². The molecule has 4 nitrogen and oxygen atoms in total. The molecule has 2 heterocycles. The van der Waals surface area contributed by atoms with Crippen LogP contribution in [0.3, 0.4) is 0 Å². The molecule has 0 aliphatic carbocycles. The molecule has 1 fully saturated rings. The smallest absolute Gasteiger partial charge is 0.192 e. The Kier molecular flexibility index (Phi) is 3.68. The third kappa shape index (κ3) is 2.29. The molecule has 0 atom stereocenters. The van der Waals surface area contributed by atoms with Gasteiger partial charge in [0.15, 0.2) is 5.43 Å². The first-order chi connectivity index (χ1) is 10.4. The van der Waals surface area contributed by atoms with Crippen LogP contribution in [0.4, 0.5) is 10.1 Å². The maximum atomic E-state index is 14.7. The third-order valence-corrected chi connectivity index (χ3v) is 4.59. The predicted molar refractivity (Wildman–Crippen MR) is 86.1 cm³/mol. The zero-order valence-corrected chi connectivity index (χ0v) is 13.2. The molecule has 1 aliphatic heterocycles. The summed E-state index contributed by atoms with van der Waals surface area (Å²) >= 11 is 0. The first-order valence-electron chi connectivity index (χ1n) is 7.62. The minimum absolute atomic E-state index is 0.115. The first kappa shape index (κ1) is 15.0. The molecule has 1 N–H and O–H groups in total. The topological polar surface area (TPSA) is 45.5 Å². The lowest BCUT2D eigenvalue weighted by Gasteiger charge is -2.33. The fourth-order valence-corrected chi connectivity index (χ4v) is 3.49. The number of hydrogen-bond acceptors (Lipinski definition) is 3. The molecule has 2 aromatic rings. The van der Waals surface area contributed by atoms with Crippen molar-refractivity contribution in [3.05, 3.63) is 39.4 Å². The van der Waals surface area contributed by atoms with Crippen molar-refractivity contribution < 1.29 is 9.50 Å². The summed E-state index contributed by atoms with van der Waals surface area (Å²) in [6.45, 7) is 4.87. The Bertz CT molecular complexity index is 790. The van der Waals surface area contributed by atoms with Crippen molar-refractivity contribution in [2.24, 2.45) is 7.05 Å². The van der Waals surface area contributed by atoms with Crippen molar-refractivity contribution >= 4 is 16.6 Å². The SMILES string of the molecule is Cc1cn(C)c2c(C)c(N3CCC(O)CC3)c(F)cc2c1=O. The largest absolute Gasteiger partial charge is 0.393 e. The van der Waals surface area contributed by atoms with E-state index in [1.54, 1.807) is 13.1 Å². The van der Waals surface area contributed by atoms with Gasteiger partial charge in [-0.05, 0) is 38.3 Å². The summed E-state index contributed by atoms with van der Waals surface area (Å²) in [6.07, 6.45) is 2.78. The Balaban J connectivity index is 2.23. The molecular formula is C17H21FN2O2. The van der Waals surface area contributed by atoms with E-state index in [2.05, 4.69) is 0 Å². The molecule has 0 bridgehead atoms. The fraction of sp³-hybridized carbons (Fsp3) is 0.471. The lowest BCUT2D eigenvalue weighted by atomic mass is 10.0. The summed E-state index contributed by atoms with van der Waals surface area (Å²) in [5.41, 5.74) is 2.61. The number of aromatic nitrogens is 1. The molecule has 0 amide bonds. The minimum Gasteiger partial charge on any atom is -0.393 e. The van der Waals surface area contributed by atoms with Crippen molar-refractivity contribution in [3.63, 3.8) is 0 Å². The number of piperidine rings is 1. The van der Waals surface area contributed by atoms with Crippen LogP contribution in [0.1, 0.15) is 24.0 Å². The lowest BCUT2D eigenvalue weighted by Crippen LogP contribution is -2.37. The number of hydrogen-bond donors (Lipinski definition) is 1. The van der Waals surface area contributed by atoms with E-state index in [1.807, 2.05) is 23.4 Å². The third-order valence-electron chi connectivity index (χ3n) is 4.59. The Morgan fingerprint density at radius 1 is 1.27 bits per heavy atom. The molecule has 3 rings (SSSR count). The molecule has 1 aromatic heterocycles. The van der Waals surface area contributed by atoms with Gasteiger partial charge >= 0.3 is 0 Å². The van der Waals surface area contributed by atoms with Gasteiger partial charge in [0.1, 0.15) is 5.82 Å². The summed E-state index contributed by atoms with van der Waals surface area (Å²) in [7, 11) is 1.88. The number of nitrogens with zero attached hydrogens (tertiary/aromatic N) is 2. The maximum Gasteiger partial charge on any atom is 0.192 e. The Labute approximate surface area is 128 Å². The van der Waals surface area contributed by atoms with Gasteiger partial charge < -0.3 is 14.6 Å². The van der Waals surface area contributed by atoms with Gasteiger partial charge in [0, 0.05) is 37.3 Å². The maximum absolute atomic E-state index is 14.7. The van der Waals surface area contributed by atoms with Gasteiger partial charge in [0.2, 0.25) is 0 Å². The van der Waals surface area contributed by atoms with Gasteiger partial charge in [-0.15, -0.1) is 0 Å². The Hall–Kier alpha value is -1.88. The van der Waals surface area contributed by atoms with Gasteiger partial charge in [-0.25, -0.2) is 4.39 Å². The van der Waals surface area contributed by atoms with E-state index in [-0.39, 0.29) is 17.3 Å². The summed E-state index contributed by atoms with van der Waals surface area (Å²) in [5.74, 6) is -0.357. The molecule has 1 saturated heterocycles. The highest BCUT2D eigenvalue weighted by atomic mass is 19.1. The highest BCUT2D eigenvalue weighted by Crippen LogP contribution is 2.32. The highest BCUT2D eigenvalue weighted by molar-refractivity contribution is 5.88. The first-order valence-corrected chi connectivity index (χ1v) is 7.62. The fourth-order valence-electron chi connectivity index (χ4n) is 3.49. The molecule has 1 aliphatic rings. The van der Waals surface area contributed by atoms with E-state index in [0.29, 0.717) is 42.6 Å². The molecule has 0 radical (unpaired) electrons. The average Bonchev–Trinajstić information content (AvgIpc) is 2.46. The van der Waals surface area contributed by atoms with Crippen molar-refractivity contribution in [2.45, 2.75) is 32.8 Å². The number of fused-ring (bicyclic) bond motifs is 1. The highest BCUT2D eigenvalue weighted by Gasteiger charge is 2.23. The summed E-state index contributed by atoms with van der Waals surface area (Å²) < 4.78 is 16.5. The number of rotatable bonds is 1. The van der Waals surface area contributed by atoms with Crippen LogP contribution in [0.15, 0.2) is 17.1 Å². The standard InChI is InChI=1S/C17H21FN2O2/c1-10-9-19(3)15-11(2)16(14(18)8-13(15)17(10)22)20-6-4-12(21)5-7-20/h8-9,12,21H,4-7H2,1-3H3. The second-order valence-electron chi connectivity index (χ2n) is 6.20. The molecule has 0 spiro atoms. The molecule has 1 aromatic carbocycles. The number of benzene rings is 1. The van der Waals surface area contributed by atoms with E-state index in [0.717, 1.165) is 11.1 Å². The second-order valence-corrected chi connectivity index (χ2v) is 6.20. The van der Waals surface area contributed by atoms with E-state index in [9.17, 15) is 14.3 Å². The van der Waals surface area contributed by atoms with Crippen molar-refractivity contribution in [1.82, 2.24) is 4.57 Å². The van der Waals surface area contributed by atoms with Crippen LogP contribution in [0.5, 0.6) is 0 Å². The van der Waals surface area contributed by atoms with E-state index in [1.165, 1.54) is 6.07 Å².